The van der Waals surface area contributed by atoms with Crippen molar-refractivity contribution >= 4 is 21.4 Å². The summed E-state index contributed by atoms with van der Waals surface area (Å²) < 4.78 is 25.6. The normalized spacial score (nSPS) is 11.6. The second-order valence-electron chi connectivity index (χ2n) is 7.87. The molecule has 4 aromatic rings. The molecule has 0 aliphatic heterocycles. The van der Waals surface area contributed by atoms with E-state index in [9.17, 15) is 8.42 Å². The van der Waals surface area contributed by atoms with Gasteiger partial charge in [-0.25, -0.2) is 13.1 Å². The first-order chi connectivity index (χ1) is 14.6. The van der Waals surface area contributed by atoms with Gasteiger partial charge in [-0.2, -0.15) is 5.10 Å². The van der Waals surface area contributed by atoms with Crippen LogP contribution in [0.5, 0.6) is 0 Å². The molecule has 0 aliphatic carbocycles. The zero-order valence-electron chi connectivity index (χ0n) is 17.8. The van der Waals surface area contributed by atoms with Crippen molar-refractivity contribution in [3.8, 4) is 28.2 Å². The van der Waals surface area contributed by atoms with Crippen LogP contribution in [-0.4, -0.2) is 24.5 Å². The van der Waals surface area contributed by atoms with Gasteiger partial charge < -0.3 is 0 Å². The van der Waals surface area contributed by atoms with Crippen molar-refractivity contribution in [2.45, 2.75) is 25.7 Å². The van der Waals surface area contributed by atoms with E-state index in [1.165, 1.54) is 11.8 Å². The molecule has 0 saturated carbocycles. The smallest absolute Gasteiger partial charge is 0.175 e. The third-order valence-corrected chi connectivity index (χ3v) is 6.67. The molecule has 0 unspecified atom stereocenters. The van der Waals surface area contributed by atoms with Crippen molar-refractivity contribution in [3.05, 3.63) is 88.4 Å². The highest BCUT2D eigenvalue weighted by Crippen LogP contribution is 2.34. The minimum Gasteiger partial charge on any atom is -0.232 e. The molecule has 0 atom stereocenters. The summed E-state index contributed by atoms with van der Waals surface area (Å²) in [7, 11) is -3.27. The van der Waals surface area contributed by atoms with Crippen molar-refractivity contribution in [1.29, 1.82) is 0 Å². The highest BCUT2D eigenvalue weighted by molar-refractivity contribution is 7.90. The lowest BCUT2D eigenvalue weighted by Crippen LogP contribution is -2.03. The summed E-state index contributed by atoms with van der Waals surface area (Å²) in [6, 6.07) is 20.8. The molecule has 1 heterocycles. The molecule has 4 rings (SSSR count). The molecule has 0 bridgehead atoms. The zero-order chi connectivity index (χ0) is 22.3. The van der Waals surface area contributed by atoms with Gasteiger partial charge in [-0.05, 0) is 74.4 Å². The summed E-state index contributed by atoms with van der Waals surface area (Å²) in [4.78, 5) is 0.283. The molecule has 31 heavy (non-hydrogen) atoms. The summed E-state index contributed by atoms with van der Waals surface area (Å²) in [5.41, 5.74) is 8.17. The van der Waals surface area contributed by atoms with Gasteiger partial charge in [0.2, 0.25) is 0 Å². The second-order valence-corrected chi connectivity index (χ2v) is 10.3. The Hall–Kier alpha value is -2.89. The predicted molar refractivity (Wildman–Crippen MR) is 127 cm³/mol. The van der Waals surface area contributed by atoms with E-state index in [-0.39, 0.29) is 4.90 Å². The Labute approximate surface area is 188 Å². The van der Waals surface area contributed by atoms with E-state index in [0.29, 0.717) is 5.02 Å². The minimum atomic E-state index is -3.27. The molecule has 0 fully saturated rings. The number of aromatic nitrogens is 2. The van der Waals surface area contributed by atoms with Crippen molar-refractivity contribution in [1.82, 2.24) is 9.78 Å². The van der Waals surface area contributed by atoms with Crippen molar-refractivity contribution in [2.75, 3.05) is 6.26 Å². The highest BCUT2D eigenvalue weighted by Gasteiger charge is 2.17. The SMILES string of the molecule is Cc1cc(C)c(-c2cc(-c3ccc(Cl)cc3)nn2-c2ccc(S(C)(=O)=O)cc2)c(C)c1. The quantitative estimate of drug-likeness (QED) is 0.372. The molecule has 0 saturated heterocycles. The fourth-order valence-electron chi connectivity index (χ4n) is 3.94. The molecule has 0 amide bonds. The van der Waals surface area contributed by atoms with Gasteiger partial charge in [0.15, 0.2) is 9.84 Å². The van der Waals surface area contributed by atoms with E-state index < -0.39 is 9.84 Å². The number of rotatable bonds is 4. The minimum absolute atomic E-state index is 0.283. The summed E-state index contributed by atoms with van der Waals surface area (Å²) in [5.74, 6) is 0. The maximum Gasteiger partial charge on any atom is 0.175 e. The Balaban J connectivity index is 1.94. The molecule has 0 N–H and O–H groups in total. The highest BCUT2D eigenvalue weighted by atomic mass is 35.5. The fraction of sp³-hybridized carbons (Fsp3) is 0.160. The largest absolute Gasteiger partial charge is 0.232 e. The molecule has 0 spiro atoms. The zero-order valence-corrected chi connectivity index (χ0v) is 19.4. The van der Waals surface area contributed by atoms with Crippen LogP contribution in [0.1, 0.15) is 16.7 Å². The molecule has 0 aliphatic rings. The Morgan fingerprint density at radius 3 is 1.97 bits per heavy atom. The van der Waals surface area contributed by atoms with Gasteiger partial charge in [-0.3, -0.25) is 0 Å². The van der Waals surface area contributed by atoms with Crippen LogP contribution >= 0.6 is 11.6 Å². The van der Waals surface area contributed by atoms with Gasteiger partial charge in [0.1, 0.15) is 0 Å². The number of benzene rings is 3. The maximum atomic E-state index is 11.9. The molecular formula is C25H23ClN2O2S. The number of nitrogens with zero attached hydrogens (tertiary/aromatic N) is 2. The molecule has 3 aromatic carbocycles. The van der Waals surface area contributed by atoms with Gasteiger partial charge in [-0.15, -0.1) is 0 Å². The Kier molecular flexibility index (Phi) is 5.50. The molecule has 4 nitrogen and oxygen atoms in total. The van der Waals surface area contributed by atoms with Crippen LogP contribution in [0.15, 0.2) is 71.6 Å². The maximum absolute atomic E-state index is 11.9. The predicted octanol–water partition coefficient (Wildman–Crippen LogP) is 6.19. The van der Waals surface area contributed by atoms with Gasteiger partial charge in [-0.1, -0.05) is 41.4 Å². The van der Waals surface area contributed by atoms with Gasteiger partial charge in [0, 0.05) is 22.4 Å². The van der Waals surface area contributed by atoms with Gasteiger partial charge >= 0.3 is 0 Å². The number of halogens is 1. The lowest BCUT2D eigenvalue weighted by atomic mass is 9.96. The first-order valence-corrected chi connectivity index (χ1v) is 12.1. The molecule has 158 valence electrons. The average Bonchev–Trinajstić information content (AvgIpc) is 3.12. The Morgan fingerprint density at radius 1 is 0.839 bits per heavy atom. The first-order valence-electron chi connectivity index (χ1n) is 9.88. The van der Waals surface area contributed by atoms with E-state index in [2.05, 4.69) is 39.0 Å². The molecule has 6 heteroatoms. The van der Waals surface area contributed by atoms with Crippen molar-refractivity contribution < 1.29 is 8.42 Å². The van der Waals surface area contributed by atoms with Crippen LogP contribution in [0.2, 0.25) is 5.02 Å². The monoisotopic (exact) mass is 450 g/mol. The Bertz CT molecular complexity index is 1350. The average molecular weight is 451 g/mol. The second kappa shape index (κ2) is 7.98. The summed E-state index contributed by atoms with van der Waals surface area (Å²) in [6.07, 6.45) is 1.21. The summed E-state index contributed by atoms with van der Waals surface area (Å²) in [6.45, 7) is 6.28. The third kappa shape index (κ3) is 4.29. The van der Waals surface area contributed by atoms with E-state index in [1.54, 1.807) is 24.3 Å². The number of hydrogen-bond acceptors (Lipinski definition) is 3. The van der Waals surface area contributed by atoms with E-state index >= 15 is 0 Å². The van der Waals surface area contributed by atoms with Crippen LogP contribution in [0.3, 0.4) is 0 Å². The van der Waals surface area contributed by atoms with E-state index in [4.69, 9.17) is 16.7 Å². The van der Waals surface area contributed by atoms with Crippen LogP contribution in [-0.2, 0) is 9.84 Å². The molecular weight excluding hydrogens is 428 g/mol. The Morgan fingerprint density at radius 2 is 1.42 bits per heavy atom. The molecule has 0 radical (unpaired) electrons. The lowest BCUT2D eigenvalue weighted by molar-refractivity contribution is 0.602. The van der Waals surface area contributed by atoms with Gasteiger partial charge in [0.25, 0.3) is 0 Å². The topological polar surface area (TPSA) is 52.0 Å². The summed E-state index contributed by atoms with van der Waals surface area (Å²) >= 11 is 6.06. The summed E-state index contributed by atoms with van der Waals surface area (Å²) in [5, 5.41) is 5.55. The molecule has 1 aromatic heterocycles. The van der Waals surface area contributed by atoms with Crippen molar-refractivity contribution in [3.63, 3.8) is 0 Å². The lowest BCUT2D eigenvalue weighted by Gasteiger charge is -2.14. The number of aryl methyl sites for hydroxylation is 3. The van der Waals surface area contributed by atoms with Crippen molar-refractivity contribution in [2.24, 2.45) is 0 Å². The first kappa shape index (κ1) is 21.3. The van der Waals surface area contributed by atoms with Crippen LogP contribution in [0, 0.1) is 20.8 Å². The number of hydrogen-bond donors (Lipinski definition) is 0. The van der Waals surface area contributed by atoms with Gasteiger partial charge in [0.05, 0.1) is 22.0 Å². The van der Waals surface area contributed by atoms with E-state index in [1.807, 2.05) is 28.9 Å². The van der Waals surface area contributed by atoms with E-state index in [0.717, 1.165) is 39.3 Å². The van der Waals surface area contributed by atoms with Crippen LogP contribution in [0.4, 0.5) is 0 Å². The standard InChI is InChI=1S/C25H23ClN2O2S/c1-16-13-17(2)25(18(3)14-16)24-15-23(19-5-7-20(26)8-6-19)27-28(24)21-9-11-22(12-10-21)31(4,29)30/h5-15H,1-4H3. The fourth-order valence-corrected chi connectivity index (χ4v) is 4.69. The van der Waals surface area contributed by atoms with Crippen LogP contribution < -0.4 is 0 Å². The van der Waals surface area contributed by atoms with Crippen LogP contribution in [0.25, 0.3) is 28.2 Å². The number of sulfone groups is 1. The third-order valence-electron chi connectivity index (χ3n) is 5.29.